The molecule has 0 bridgehead atoms. The minimum Gasteiger partial charge on any atom is -0.506 e. The van der Waals surface area contributed by atoms with E-state index in [1.54, 1.807) is 19.2 Å². The van der Waals surface area contributed by atoms with Gasteiger partial charge in [0, 0.05) is 13.6 Å². The highest BCUT2D eigenvalue weighted by Crippen LogP contribution is 2.24. The second kappa shape index (κ2) is 5.93. The van der Waals surface area contributed by atoms with Gasteiger partial charge in [-0.2, -0.15) is 0 Å². The van der Waals surface area contributed by atoms with E-state index in [0.29, 0.717) is 12.2 Å². The molecule has 104 valence electrons. The summed E-state index contributed by atoms with van der Waals surface area (Å²) < 4.78 is 0. The van der Waals surface area contributed by atoms with Crippen LogP contribution >= 0.6 is 0 Å². The average molecular weight is 263 g/mol. The maximum Gasteiger partial charge on any atom is 0.237 e. The van der Waals surface area contributed by atoms with E-state index in [4.69, 9.17) is 5.73 Å². The van der Waals surface area contributed by atoms with E-state index in [2.05, 4.69) is 10.2 Å². The number of nitrogens with zero attached hydrogens (tertiary/aromatic N) is 1. The standard InChI is InChI=1S/C14H21N3O2/c1-16-14(19)12-4-2-3-7-17(12)9-10-5-6-13(18)11(15)8-10/h5-6,8,12,18H,2-4,7,9,15H2,1H3,(H,16,19). The monoisotopic (exact) mass is 263 g/mol. The lowest BCUT2D eigenvalue weighted by molar-refractivity contribution is -0.127. The smallest absolute Gasteiger partial charge is 0.237 e. The Morgan fingerprint density at radius 1 is 1.53 bits per heavy atom. The van der Waals surface area contributed by atoms with E-state index >= 15 is 0 Å². The molecule has 19 heavy (non-hydrogen) atoms. The van der Waals surface area contributed by atoms with Crippen LogP contribution < -0.4 is 11.1 Å². The fourth-order valence-corrected chi connectivity index (χ4v) is 2.58. The highest BCUT2D eigenvalue weighted by molar-refractivity contribution is 5.81. The van der Waals surface area contributed by atoms with Crippen LogP contribution in [0.4, 0.5) is 5.69 Å². The minimum atomic E-state index is -0.0613. The zero-order valence-corrected chi connectivity index (χ0v) is 11.2. The molecule has 1 aromatic rings. The number of hydrogen-bond acceptors (Lipinski definition) is 4. The van der Waals surface area contributed by atoms with Gasteiger partial charge in [0.25, 0.3) is 0 Å². The molecular weight excluding hydrogens is 242 g/mol. The molecule has 0 radical (unpaired) electrons. The Hall–Kier alpha value is -1.75. The van der Waals surface area contributed by atoms with Crippen LogP contribution in [0.5, 0.6) is 5.75 Å². The van der Waals surface area contributed by atoms with E-state index in [1.165, 1.54) is 0 Å². The first-order valence-electron chi connectivity index (χ1n) is 6.65. The number of amides is 1. The second-order valence-electron chi connectivity index (χ2n) is 4.99. The third-order valence-corrected chi connectivity index (χ3v) is 3.64. The van der Waals surface area contributed by atoms with Gasteiger partial charge in [-0.25, -0.2) is 0 Å². The van der Waals surface area contributed by atoms with Gasteiger partial charge in [-0.1, -0.05) is 12.5 Å². The summed E-state index contributed by atoms with van der Waals surface area (Å²) in [6.07, 6.45) is 3.10. The normalized spacial score (nSPS) is 20.2. The van der Waals surface area contributed by atoms with Gasteiger partial charge >= 0.3 is 0 Å². The predicted molar refractivity (Wildman–Crippen MR) is 74.6 cm³/mol. The maximum atomic E-state index is 11.9. The fraction of sp³-hybridized carbons (Fsp3) is 0.500. The van der Waals surface area contributed by atoms with Crippen LogP contribution in [-0.2, 0) is 11.3 Å². The van der Waals surface area contributed by atoms with Gasteiger partial charge in [0.1, 0.15) is 5.75 Å². The Labute approximate surface area is 113 Å². The Balaban J connectivity index is 2.10. The number of likely N-dealkylation sites (N-methyl/N-ethyl adjacent to an activating group) is 1. The SMILES string of the molecule is CNC(=O)C1CCCCN1Cc1ccc(O)c(N)c1. The molecule has 5 heteroatoms. The molecule has 0 aromatic heterocycles. The summed E-state index contributed by atoms with van der Waals surface area (Å²) >= 11 is 0. The van der Waals surface area contributed by atoms with Crippen molar-refractivity contribution >= 4 is 11.6 Å². The molecule has 1 aromatic carbocycles. The van der Waals surface area contributed by atoms with Crippen molar-refractivity contribution in [1.29, 1.82) is 0 Å². The number of carbonyl (C=O) groups is 1. The van der Waals surface area contributed by atoms with Crippen molar-refractivity contribution in [1.82, 2.24) is 10.2 Å². The van der Waals surface area contributed by atoms with Crippen LogP contribution in [0.25, 0.3) is 0 Å². The number of anilines is 1. The van der Waals surface area contributed by atoms with Crippen molar-refractivity contribution in [3.05, 3.63) is 23.8 Å². The molecule has 0 aliphatic carbocycles. The van der Waals surface area contributed by atoms with Crippen LogP contribution in [-0.4, -0.2) is 35.5 Å². The number of carbonyl (C=O) groups excluding carboxylic acids is 1. The Kier molecular flexibility index (Phi) is 4.27. The molecule has 1 amide bonds. The summed E-state index contributed by atoms with van der Waals surface area (Å²) in [5.41, 5.74) is 7.10. The molecule has 1 aliphatic heterocycles. The predicted octanol–water partition coefficient (Wildman–Crippen LogP) is 1.07. The molecule has 2 rings (SSSR count). The molecule has 4 N–H and O–H groups in total. The molecule has 0 saturated carbocycles. The first-order chi connectivity index (χ1) is 9.11. The van der Waals surface area contributed by atoms with E-state index in [-0.39, 0.29) is 17.7 Å². The number of aromatic hydroxyl groups is 1. The maximum absolute atomic E-state index is 11.9. The lowest BCUT2D eigenvalue weighted by Gasteiger charge is -2.34. The number of hydrogen-bond donors (Lipinski definition) is 3. The molecule has 1 heterocycles. The number of piperidine rings is 1. The number of likely N-dealkylation sites (tertiary alicyclic amines) is 1. The van der Waals surface area contributed by atoms with Crippen molar-refractivity contribution in [3.8, 4) is 5.75 Å². The lowest BCUT2D eigenvalue weighted by atomic mass is 10.0. The van der Waals surface area contributed by atoms with Gasteiger partial charge in [-0.15, -0.1) is 0 Å². The molecule has 0 spiro atoms. The van der Waals surface area contributed by atoms with Crippen molar-refractivity contribution in [3.63, 3.8) is 0 Å². The number of nitrogens with one attached hydrogen (secondary N) is 1. The van der Waals surface area contributed by atoms with Crippen LogP contribution in [0.3, 0.4) is 0 Å². The number of phenols is 1. The average Bonchev–Trinajstić information content (AvgIpc) is 2.43. The summed E-state index contributed by atoms with van der Waals surface area (Å²) in [5, 5.41) is 12.2. The number of nitrogen functional groups attached to an aromatic ring is 1. The third-order valence-electron chi connectivity index (χ3n) is 3.64. The highest BCUT2D eigenvalue weighted by atomic mass is 16.3. The van der Waals surface area contributed by atoms with Gasteiger partial charge in [0.15, 0.2) is 0 Å². The van der Waals surface area contributed by atoms with Crippen molar-refractivity contribution in [2.45, 2.75) is 31.8 Å². The summed E-state index contributed by atoms with van der Waals surface area (Å²) in [4.78, 5) is 14.0. The van der Waals surface area contributed by atoms with Crippen molar-refractivity contribution < 1.29 is 9.90 Å². The van der Waals surface area contributed by atoms with E-state index < -0.39 is 0 Å². The van der Waals surface area contributed by atoms with Crippen LogP contribution in [0, 0.1) is 0 Å². The molecule has 1 fully saturated rings. The Bertz CT molecular complexity index is 462. The van der Waals surface area contributed by atoms with Gasteiger partial charge in [0.2, 0.25) is 5.91 Å². The highest BCUT2D eigenvalue weighted by Gasteiger charge is 2.27. The quantitative estimate of drug-likeness (QED) is 0.563. The zero-order valence-electron chi connectivity index (χ0n) is 11.2. The van der Waals surface area contributed by atoms with Crippen LogP contribution in [0.15, 0.2) is 18.2 Å². The fourth-order valence-electron chi connectivity index (χ4n) is 2.58. The van der Waals surface area contributed by atoms with Crippen molar-refractivity contribution in [2.75, 3.05) is 19.3 Å². The van der Waals surface area contributed by atoms with E-state index in [1.807, 2.05) is 6.07 Å². The van der Waals surface area contributed by atoms with Crippen molar-refractivity contribution in [2.24, 2.45) is 0 Å². The number of rotatable bonds is 3. The second-order valence-corrected chi connectivity index (χ2v) is 4.99. The topological polar surface area (TPSA) is 78.6 Å². The lowest BCUT2D eigenvalue weighted by Crippen LogP contribution is -2.48. The molecule has 1 atom stereocenters. The minimum absolute atomic E-state index is 0.0613. The molecule has 1 unspecified atom stereocenters. The van der Waals surface area contributed by atoms with Gasteiger partial charge in [0.05, 0.1) is 11.7 Å². The summed E-state index contributed by atoms with van der Waals surface area (Å²) in [6.45, 7) is 1.60. The first-order valence-corrected chi connectivity index (χ1v) is 6.65. The third kappa shape index (κ3) is 3.17. The van der Waals surface area contributed by atoms with Gasteiger partial charge in [-0.05, 0) is 37.1 Å². The van der Waals surface area contributed by atoms with Gasteiger partial charge in [-0.3, -0.25) is 9.69 Å². The summed E-state index contributed by atoms with van der Waals surface area (Å²) in [7, 11) is 1.67. The van der Waals surface area contributed by atoms with E-state index in [9.17, 15) is 9.90 Å². The molecule has 5 nitrogen and oxygen atoms in total. The molecule has 1 aliphatic rings. The van der Waals surface area contributed by atoms with Gasteiger partial charge < -0.3 is 16.2 Å². The first kappa shape index (κ1) is 13.7. The Morgan fingerprint density at radius 2 is 2.32 bits per heavy atom. The molecular formula is C14H21N3O2. The van der Waals surface area contributed by atoms with Crippen LogP contribution in [0.2, 0.25) is 0 Å². The molecule has 1 saturated heterocycles. The summed E-state index contributed by atoms with van der Waals surface area (Å²) in [6, 6.07) is 5.16. The number of phenolic OH excluding ortho intramolecular Hbond substituents is 1. The Morgan fingerprint density at radius 3 is 3.00 bits per heavy atom. The van der Waals surface area contributed by atoms with Crippen LogP contribution in [0.1, 0.15) is 24.8 Å². The summed E-state index contributed by atoms with van der Waals surface area (Å²) in [5.74, 6) is 0.177. The largest absolute Gasteiger partial charge is 0.506 e. The van der Waals surface area contributed by atoms with E-state index in [0.717, 1.165) is 31.4 Å². The number of benzene rings is 1. The zero-order chi connectivity index (χ0) is 13.8. The number of nitrogens with two attached hydrogens (primary N) is 1.